The van der Waals surface area contributed by atoms with Crippen LogP contribution in [0.25, 0.3) is 0 Å². The van der Waals surface area contributed by atoms with Crippen molar-refractivity contribution < 1.29 is 9.53 Å². The molecule has 0 radical (unpaired) electrons. The number of esters is 1. The quantitative estimate of drug-likeness (QED) is 0.728. The Balaban J connectivity index is 3.01. The minimum atomic E-state index is -0.260. The van der Waals surface area contributed by atoms with Gasteiger partial charge in [0.1, 0.15) is 0 Å². The summed E-state index contributed by atoms with van der Waals surface area (Å²) in [6.45, 7) is 8.94. The van der Waals surface area contributed by atoms with E-state index < -0.39 is 0 Å². The van der Waals surface area contributed by atoms with Gasteiger partial charge < -0.3 is 4.74 Å². The van der Waals surface area contributed by atoms with Gasteiger partial charge in [-0.3, -0.25) is 0 Å². The highest BCUT2D eigenvalue weighted by molar-refractivity contribution is 5.89. The first-order valence-corrected chi connectivity index (χ1v) is 6.64. The van der Waals surface area contributed by atoms with Crippen LogP contribution in [0.3, 0.4) is 0 Å². The number of hydrogen-bond donors (Lipinski definition) is 0. The molecular weight excluding hydrogens is 224 g/mol. The van der Waals surface area contributed by atoms with Crippen LogP contribution in [0, 0.1) is 11.8 Å². The zero-order chi connectivity index (χ0) is 13.7. The fourth-order valence-corrected chi connectivity index (χ4v) is 2.32. The van der Waals surface area contributed by atoms with E-state index >= 15 is 0 Å². The SMILES string of the molecule is COC(=O)c1cccc(C(CC(C)C)C(C)C)c1. The fraction of sp³-hybridized carbons (Fsp3) is 0.562. The van der Waals surface area contributed by atoms with E-state index in [2.05, 4.69) is 33.8 Å². The summed E-state index contributed by atoms with van der Waals surface area (Å²) in [6.07, 6.45) is 1.14. The topological polar surface area (TPSA) is 26.3 Å². The lowest BCUT2D eigenvalue weighted by atomic mass is 9.82. The molecule has 0 saturated heterocycles. The molecule has 1 atom stereocenters. The Morgan fingerprint density at radius 2 is 1.89 bits per heavy atom. The second-order valence-corrected chi connectivity index (χ2v) is 5.60. The van der Waals surface area contributed by atoms with Crippen molar-refractivity contribution in [3.63, 3.8) is 0 Å². The van der Waals surface area contributed by atoms with Crippen molar-refractivity contribution in [2.75, 3.05) is 7.11 Å². The maximum Gasteiger partial charge on any atom is 0.337 e. The molecule has 1 rings (SSSR count). The van der Waals surface area contributed by atoms with Crippen LogP contribution in [0.5, 0.6) is 0 Å². The molecule has 18 heavy (non-hydrogen) atoms. The van der Waals surface area contributed by atoms with E-state index in [9.17, 15) is 4.79 Å². The summed E-state index contributed by atoms with van der Waals surface area (Å²) in [5, 5.41) is 0. The molecule has 0 aliphatic rings. The molecule has 100 valence electrons. The van der Waals surface area contributed by atoms with Gasteiger partial charge in [0.2, 0.25) is 0 Å². The number of rotatable bonds is 5. The fourth-order valence-electron chi connectivity index (χ4n) is 2.32. The molecule has 2 heteroatoms. The number of benzene rings is 1. The van der Waals surface area contributed by atoms with Crippen LogP contribution in [0.2, 0.25) is 0 Å². The van der Waals surface area contributed by atoms with Gasteiger partial charge in [-0.05, 0) is 41.9 Å². The Hall–Kier alpha value is -1.31. The van der Waals surface area contributed by atoms with Crippen molar-refractivity contribution in [3.8, 4) is 0 Å². The van der Waals surface area contributed by atoms with Crippen LogP contribution in [0.1, 0.15) is 56.0 Å². The van der Waals surface area contributed by atoms with Gasteiger partial charge in [-0.25, -0.2) is 4.79 Å². The van der Waals surface area contributed by atoms with Gasteiger partial charge in [0.25, 0.3) is 0 Å². The summed E-state index contributed by atoms with van der Waals surface area (Å²) in [5.74, 6) is 1.46. The largest absolute Gasteiger partial charge is 0.465 e. The average molecular weight is 248 g/mol. The predicted octanol–water partition coefficient (Wildman–Crippen LogP) is 4.26. The zero-order valence-corrected chi connectivity index (χ0v) is 12.1. The lowest BCUT2D eigenvalue weighted by Gasteiger charge is -2.23. The van der Waals surface area contributed by atoms with Gasteiger partial charge in [-0.2, -0.15) is 0 Å². The van der Waals surface area contributed by atoms with E-state index in [1.54, 1.807) is 0 Å². The highest BCUT2D eigenvalue weighted by atomic mass is 16.5. The third-order valence-corrected chi connectivity index (χ3v) is 3.27. The van der Waals surface area contributed by atoms with Crippen LogP contribution in [0.15, 0.2) is 24.3 Å². The minimum absolute atomic E-state index is 0.260. The van der Waals surface area contributed by atoms with Gasteiger partial charge in [-0.1, -0.05) is 39.8 Å². The number of carbonyl (C=O) groups excluding carboxylic acids is 1. The highest BCUT2D eigenvalue weighted by Crippen LogP contribution is 2.31. The van der Waals surface area contributed by atoms with Crippen molar-refractivity contribution in [2.45, 2.75) is 40.0 Å². The first-order valence-electron chi connectivity index (χ1n) is 6.64. The molecule has 0 bridgehead atoms. The summed E-state index contributed by atoms with van der Waals surface area (Å²) >= 11 is 0. The summed E-state index contributed by atoms with van der Waals surface area (Å²) in [7, 11) is 1.42. The van der Waals surface area contributed by atoms with Crippen LogP contribution in [-0.2, 0) is 4.74 Å². The van der Waals surface area contributed by atoms with Crippen LogP contribution in [0.4, 0.5) is 0 Å². The monoisotopic (exact) mass is 248 g/mol. The molecule has 0 N–H and O–H groups in total. The van der Waals surface area contributed by atoms with Gasteiger partial charge >= 0.3 is 5.97 Å². The maximum absolute atomic E-state index is 11.6. The van der Waals surface area contributed by atoms with E-state index in [4.69, 9.17) is 4.74 Å². The molecule has 0 aromatic heterocycles. The zero-order valence-electron chi connectivity index (χ0n) is 12.1. The molecule has 0 aliphatic heterocycles. The summed E-state index contributed by atoms with van der Waals surface area (Å²) in [6, 6.07) is 7.83. The molecule has 1 aromatic rings. The lowest BCUT2D eigenvalue weighted by molar-refractivity contribution is 0.0600. The first-order chi connectivity index (χ1) is 8.45. The third kappa shape index (κ3) is 3.86. The molecule has 1 aromatic carbocycles. The normalized spacial score (nSPS) is 12.8. The van der Waals surface area contributed by atoms with Crippen molar-refractivity contribution in [2.24, 2.45) is 11.8 Å². The Morgan fingerprint density at radius 1 is 1.22 bits per heavy atom. The van der Waals surface area contributed by atoms with Crippen molar-refractivity contribution in [3.05, 3.63) is 35.4 Å². The maximum atomic E-state index is 11.6. The number of hydrogen-bond acceptors (Lipinski definition) is 2. The molecule has 2 nitrogen and oxygen atoms in total. The average Bonchev–Trinajstić information content (AvgIpc) is 2.34. The van der Waals surface area contributed by atoms with Gasteiger partial charge in [-0.15, -0.1) is 0 Å². The molecule has 1 unspecified atom stereocenters. The molecule has 0 amide bonds. The van der Waals surface area contributed by atoms with Crippen LogP contribution >= 0.6 is 0 Å². The second-order valence-electron chi connectivity index (χ2n) is 5.60. The second kappa shape index (κ2) is 6.58. The molecular formula is C16H24O2. The third-order valence-electron chi connectivity index (χ3n) is 3.27. The lowest BCUT2D eigenvalue weighted by Crippen LogP contribution is -2.11. The minimum Gasteiger partial charge on any atom is -0.465 e. The Morgan fingerprint density at radius 3 is 2.39 bits per heavy atom. The summed E-state index contributed by atoms with van der Waals surface area (Å²) < 4.78 is 4.77. The van der Waals surface area contributed by atoms with E-state index in [0.717, 1.165) is 6.42 Å². The van der Waals surface area contributed by atoms with E-state index in [1.165, 1.54) is 12.7 Å². The van der Waals surface area contributed by atoms with Crippen molar-refractivity contribution in [1.29, 1.82) is 0 Å². The van der Waals surface area contributed by atoms with Gasteiger partial charge in [0.15, 0.2) is 0 Å². The Bertz CT molecular complexity index is 394. The van der Waals surface area contributed by atoms with E-state index in [-0.39, 0.29) is 5.97 Å². The predicted molar refractivity (Wildman–Crippen MR) is 74.8 cm³/mol. The standard InChI is InChI=1S/C16H24O2/c1-11(2)9-15(12(3)4)13-7-6-8-14(10-13)16(17)18-5/h6-8,10-12,15H,9H2,1-5H3. The highest BCUT2D eigenvalue weighted by Gasteiger charge is 2.18. The molecule has 0 aliphatic carbocycles. The molecule has 0 heterocycles. The first kappa shape index (κ1) is 14.7. The van der Waals surface area contributed by atoms with Crippen LogP contribution < -0.4 is 0 Å². The number of carbonyl (C=O) groups is 1. The smallest absolute Gasteiger partial charge is 0.337 e. The van der Waals surface area contributed by atoms with Crippen molar-refractivity contribution in [1.82, 2.24) is 0 Å². The molecule has 0 saturated carbocycles. The number of ether oxygens (including phenoxy) is 1. The van der Waals surface area contributed by atoms with Gasteiger partial charge in [0, 0.05) is 0 Å². The van der Waals surface area contributed by atoms with Crippen LogP contribution in [-0.4, -0.2) is 13.1 Å². The Kier molecular flexibility index (Phi) is 5.39. The Labute approximate surface area is 110 Å². The van der Waals surface area contributed by atoms with E-state index in [1.807, 2.05) is 18.2 Å². The number of methoxy groups -OCH3 is 1. The van der Waals surface area contributed by atoms with Crippen molar-refractivity contribution >= 4 is 5.97 Å². The molecule has 0 fully saturated rings. The van der Waals surface area contributed by atoms with E-state index in [0.29, 0.717) is 23.3 Å². The summed E-state index contributed by atoms with van der Waals surface area (Å²) in [4.78, 5) is 11.6. The summed E-state index contributed by atoms with van der Waals surface area (Å²) in [5.41, 5.74) is 1.88. The molecule has 0 spiro atoms. The van der Waals surface area contributed by atoms with Gasteiger partial charge in [0.05, 0.1) is 12.7 Å².